The van der Waals surface area contributed by atoms with E-state index in [1.54, 1.807) is 0 Å². The molecule has 18 heavy (non-hydrogen) atoms. The van der Waals surface area contributed by atoms with E-state index in [9.17, 15) is 4.79 Å². The number of hydrogen-bond donors (Lipinski definition) is 2. The van der Waals surface area contributed by atoms with Crippen molar-refractivity contribution in [2.75, 3.05) is 32.8 Å². The zero-order chi connectivity index (χ0) is 13.0. The van der Waals surface area contributed by atoms with Gasteiger partial charge in [0.05, 0.1) is 25.4 Å². The van der Waals surface area contributed by atoms with Crippen LogP contribution >= 0.6 is 0 Å². The Kier molecular flexibility index (Phi) is 4.97. The summed E-state index contributed by atoms with van der Waals surface area (Å²) < 4.78 is 5.37. The largest absolute Gasteiger partial charge is 0.394 e. The summed E-state index contributed by atoms with van der Waals surface area (Å²) in [5.41, 5.74) is 0. The van der Waals surface area contributed by atoms with E-state index < -0.39 is 0 Å². The van der Waals surface area contributed by atoms with Gasteiger partial charge in [-0.1, -0.05) is 13.3 Å². The number of amides is 1. The highest BCUT2D eigenvalue weighted by molar-refractivity contribution is 5.82. The standard InChI is InChI=1S/C13H24N2O3/c1-2-10-3-4-14-12(7-10)13(17)15-5-6-18-11(8-15)9-16/h10-12,14,16H,2-9H2,1H3. The van der Waals surface area contributed by atoms with Crippen LogP contribution in [0.5, 0.6) is 0 Å². The molecule has 2 rings (SSSR count). The fourth-order valence-electron chi connectivity index (χ4n) is 2.81. The number of ether oxygens (including phenoxy) is 1. The molecule has 0 saturated carbocycles. The van der Waals surface area contributed by atoms with Crippen LogP contribution in [-0.2, 0) is 9.53 Å². The number of rotatable bonds is 3. The molecular weight excluding hydrogens is 232 g/mol. The molecule has 2 heterocycles. The zero-order valence-corrected chi connectivity index (χ0v) is 11.1. The number of nitrogens with one attached hydrogen (secondary N) is 1. The van der Waals surface area contributed by atoms with Gasteiger partial charge in [0.15, 0.2) is 0 Å². The van der Waals surface area contributed by atoms with Crippen LogP contribution in [0.3, 0.4) is 0 Å². The molecule has 2 saturated heterocycles. The summed E-state index contributed by atoms with van der Waals surface area (Å²) >= 11 is 0. The summed E-state index contributed by atoms with van der Waals surface area (Å²) in [5.74, 6) is 0.838. The molecule has 0 radical (unpaired) electrons. The molecule has 5 heteroatoms. The van der Waals surface area contributed by atoms with Gasteiger partial charge in [0.1, 0.15) is 0 Å². The van der Waals surface area contributed by atoms with Crippen LogP contribution < -0.4 is 5.32 Å². The van der Waals surface area contributed by atoms with E-state index in [0.717, 1.165) is 19.4 Å². The average Bonchev–Trinajstić information content (AvgIpc) is 2.46. The maximum atomic E-state index is 12.4. The minimum atomic E-state index is -0.215. The van der Waals surface area contributed by atoms with Crippen molar-refractivity contribution in [3.05, 3.63) is 0 Å². The lowest BCUT2D eigenvalue weighted by Crippen LogP contribution is -2.55. The number of piperidine rings is 1. The highest BCUT2D eigenvalue weighted by Crippen LogP contribution is 2.21. The Morgan fingerprint density at radius 1 is 1.56 bits per heavy atom. The zero-order valence-electron chi connectivity index (χ0n) is 11.1. The van der Waals surface area contributed by atoms with Crippen LogP contribution in [-0.4, -0.2) is 60.9 Å². The molecule has 2 aliphatic rings. The molecule has 3 unspecified atom stereocenters. The minimum Gasteiger partial charge on any atom is -0.394 e. The van der Waals surface area contributed by atoms with Gasteiger partial charge in [0, 0.05) is 13.1 Å². The second-order valence-electron chi connectivity index (χ2n) is 5.26. The Morgan fingerprint density at radius 3 is 3.11 bits per heavy atom. The molecule has 2 N–H and O–H groups in total. The van der Waals surface area contributed by atoms with Gasteiger partial charge in [-0.15, -0.1) is 0 Å². The summed E-state index contributed by atoms with van der Waals surface area (Å²) in [7, 11) is 0. The summed E-state index contributed by atoms with van der Waals surface area (Å²) in [6, 6.07) is -0.0406. The normalized spacial score (nSPS) is 33.4. The molecule has 0 aromatic carbocycles. The fraction of sp³-hybridized carbons (Fsp3) is 0.923. The smallest absolute Gasteiger partial charge is 0.239 e. The Hall–Kier alpha value is -0.650. The third-order valence-corrected chi connectivity index (χ3v) is 4.04. The molecule has 0 aromatic rings. The van der Waals surface area contributed by atoms with Gasteiger partial charge in [-0.25, -0.2) is 0 Å². The molecule has 104 valence electrons. The molecule has 3 atom stereocenters. The molecule has 2 fully saturated rings. The first-order chi connectivity index (χ1) is 8.74. The molecule has 2 aliphatic heterocycles. The summed E-state index contributed by atoms with van der Waals surface area (Å²) in [5, 5.41) is 12.4. The topological polar surface area (TPSA) is 61.8 Å². The Balaban J connectivity index is 1.89. The highest BCUT2D eigenvalue weighted by Gasteiger charge is 2.32. The lowest BCUT2D eigenvalue weighted by molar-refractivity contribution is -0.143. The van der Waals surface area contributed by atoms with Gasteiger partial charge in [-0.3, -0.25) is 4.79 Å². The van der Waals surface area contributed by atoms with E-state index >= 15 is 0 Å². The lowest BCUT2D eigenvalue weighted by Gasteiger charge is -2.37. The second kappa shape index (κ2) is 6.50. The van der Waals surface area contributed by atoms with E-state index in [4.69, 9.17) is 9.84 Å². The summed E-state index contributed by atoms with van der Waals surface area (Å²) in [6.07, 6.45) is 3.04. The maximum Gasteiger partial charge on any atom is 0.239 e. The molecule has 0 spiro atoms. The van der Waals surface area contributed by atoms with Crippen molar-refractivity contribution in [3.8, 4) is 0 Å². The maximum absolute atomic E-state index is 12.4. The van der Waals surface area contributed by atoms with Crippen LogP contribution in [0, 0.1) is 5.92 Å². The Morgan fingerprint density at radius 2 is 2.39 bits per heavy atom. The van der Waals surface area contributed by atoms with E-state index in [2.05, 4.69) is 12.2 Å². The van der Waals surface area contributed by atoms with Gasteiger partial charge in [0.2, 0.25) is 5.91 Å². The van der Waals surface area contributed by atoms with Crippen molar-refractivity contribution in [2.45, 2.75) is 38.3 Å². The number of aliphatic hydroxyl groups excluding tert-OH is 1. The van der Waals surface area contributed by atoms with E-state index in [-0.39, 0.29) is 24.7 Å². The van der Waals surface area contributed by atoms with Crippen molar-refractivity contribution in [1.82, 2.24) is 10.2 Å². The predicted molar refractivity (Wildman–Crippen MR) is 68.2 cm³/mol. The average molecular weight is 256 g/mol. The lowest BCUT2D eigenvalue weighted by atomic mass is 9.90. The van der Waals surface area contributed by atoms with Crippen LogP contribution in [0.4, 0.5) is 0 Å². The third-order valence-electron chi connectivity index (χ3n) is 4.04. The highest BCUT2D eigenvalue weighted by atomic mass is 16.5. The van der Waals surface area contributed by atoms with E-state index in [1.807, 2.05) is 4.90 Å². The van der Waals surface area contributed by atoms with Crippen LogP contribution in [0.15, 0.2) is 0 Å². The van der Waals surface area contributed by atoms with E-state index in [0.29, 0.717) is 25.6 Å². The van der Waals surface area contributed by atoms with Gasteiger partial charge >= 0.3 is 0 Å². The molecule has 0 aliphatic carbocycles. The molecule has 1 amide bonds. The first-order valence-corrected chi connectivity index (χ1v) is 6.99. The molecule has 0 aromatic heterocycles. The van der Waals surface area contributed by atoms with Crippen molar-refractivity contribution < 1.29 is 14.6 Å². The number of carbonyl (C=O) groups is 1. The van der Waals surface area contributed by atoms with Crippen LogP contribution in [0.1, 0.15) is 26.2 Å². The second-order valence-corrected chi connectivity index (χ2v) is 5.26. The number of carbonyl (C=O) groups excluding carboxylic acids is 1. The first kappa shape index (κ1) is 13.8. The van der Waals surface area contributed by atoms with Crippen molar-refractivity contribution >= 4 is 5.91 Å². The van der Waals surface area contributed by atoms with Crippen molar-refractivity contribution in [2.24, 2.45) is 5.92 Å². The number of aliphatic hydroxyl groups is 1. The summed E-state index contributed by atoms with van der Waals surface area (Å²) in [4.78, 5) is 14.2. The van der Waals surface area contributed by atoms with Gasteiger partial charge < -0.3 is 20.1 Å². The third kappa shape index (κ3) is 3.22. The predicted octanol–water partition coefficient (Wildman–Crippen LogP) is -0.0157. The van der Waals surface area contributed by atoms with Crippen molar-refractivity contribution in [1.29, 1.82) is 0 Å². The SMILES string of the molecule is CCC1CCNC(C(=O)N2CCOC(CO)C2)C1. The quantitative estimate of drug-likeness (QED) is 0.745. The first-order valence-electron chi connectivity index (χ1n) is 6.99. The number of morpholine rings is 1. The minimum absolute atomic E-state index is 0.0144. The Bertz CT molecular complexity index is 259. The van der Waals surface area contributed by atoms with Crippen molar-refractivity contribution in [3.63, 3.8) is 0 Å². The monoisotopic (exact) mass is 256 g/mol. The van der Waals surface area contributed by atoms with Gasteiger partial charge in [-0.2, -0.15) is 0 Å². The number of hydrogen-bond acceptors (Lipinski definition) is 4. The summed E-state index contributed by atoms with van der Waals surface area (Å²) in [6.45, 7) is 4.80. The van der Waals surface area contributed by atoms with E-state index in [1.165, 1.54) is 6.42 Å². The molecular formula is C13H24N2O3. The van der Waals surface area contributed by atoms with Crippen LogP contribution in [0.2, 0.25) is 0 Å². The Labute approximate surface area is 108 Å². The van der Waals surface area contributed by atoms with Gasteiger partial charge in [0.25, 0.3) is 0 Å². The number of nitrogens with zero attached hydrogens (tertiary/aromatic N) is 1. The fourth-order valence-corrected chi connectivity index (χ4v) is 2.81. The molecule has 5 nitrogen and oxygen atoms in total. The van der Waals surface area contributed by atoms with Crippen LogP contribution in [0.25, 0.3) is 0 Å². The van der Waals surface area contributed by atoms with Gasteiger partial charge in [-0.05, 0) is 25.3 Å². The molecule has 0 bridgehead atoms.